The van der Waals surface area contributed by atoms with Gasteiger partial charge >= 0.3 is 6.09 Å². The van der Waals surface area contributed by atoms with Crippen molar-refractivity contribution in [1.29, 1.82) is 0 Å². The van der Waals surface area contributed by atoms with Gasteiger partial charge in [-0.1, -0.05) is 17.7 Å². The lowest BCUT2D eigenvalue weighted by molar-refractivity contribution is 0.132. The molecule has 2 rings (SSSR count). The summed E-state index contributed by atoms with van der Waals surface area (Å²) in [6.45, 7) is 1.15. The molecule has 0 aliphatic carbocycles. The number of nitrogens with zero attached hydrogens (tertiary/aromatic N) is 2. The number of pyridine rings is 1. The fourth-order valence-electron chi connectivity index (χ4n) is 2.08. The highest BCUT2D eigenvalue weighted by Gasteiger charge is 2.24. The Hall–Kier alpha value is -1.29. The molecule has 1 fully saturated rings. The Balaban J connectivity index is 2.05. The highest BCUT2D eigenvalue weighted by Crippen LogP contribution is 2.31. The van der Waals surface area contributed by atoms with Gasteiger partial charge in [-0.25, -0.2) is 9.78 Å². The molecular weight excluding hydrogens is 228 g/mol. The van der Waals surface area contributed by atoms with Gasteiger partial charge in [-0.3, -0.25) is 0 Å². The van der Waals surface area contributed by atoms with Crippen LogP contribution in [0.2, 0.25) is 5.15 Å². The molecule has 0 saturated carbocycles. The molecule has 2 heterocycles. The number of carboxylic acid groups (broad SMARTS) is 1. The molecule has 5 heteroatoms. The summed E-state index contributed by atoms with van der Waals surface area (Å²) >= 11 is 6.02. The van der Waals surface area contributed by atoms with Crippen LogP contribution in [0.4, 0.5) is 4.79 Å². The molecular formula is C11H13ClN2O2. The predicted octanol–water partition coefficient (Wildman–Crippen LogP) is 2.59. The van der Waals surface area contributed by atoms with Crippen molar-refractivity contribution in [2.24, 2.45) is 0 Å². The van der Waals surface area contributed by atoms with Crippen molar-refractivity contribution in [3.8, 4) is 0 Å². The van der Waals surface area contributed by atoms with E-state index in [1.54, 1.807) is 6.20 Å². The Labute approximate surface area is 98.9 Å². The molecule has 1 amide bonds. The van der Waals surface area contributed by atoms with Crippen molar-refractivity contribution in [3.05, 3.63) is 29.0 Å². The monoisotopic (exact) mass is 240 g/mol. The third-order valence-electron chi connectivity index (χ3n) is 2.99. The summed E-state index contributed by atoms with van der Waals surface area (Å²) in [5.41, 5.74) is 1.04. The van der Waals surface area contributed by atoms with Gasteiger partial charge in [-0.2, -0.15) is 0 Å². The molecule has 1 aliphatic heterocycles. The molecule has 1 aromatic rings. The number of aromatic nitrogens is 1. The highest BCUT2D eigenvalue weighted by molar-refractivity contribution is 6.30. The molecule has 0 radical (unpaired) electrons. The van der Waals surface area contributed by atoms with Gasteiger partial charge in [0, 0.05) is 19.3 Å². The first-order chi connectivity index (χ1) is 7.68. The summed E-state index contributed by atoms with van der Waals surface area (Å²) in [6, 6.07) is 3.83. The zero-order valence-electron chi connectivity index (χ0n) is 8.77. The van der Waals surface area contributed by atoms with Crippen LogP contribution in [-0.2, 0) is 0 Å². The van der Waals surface area contributed by atoms with Gasteiger partial charge in [0.25, 0.3) is 0 Å². The second-order valence-electron chi connectivity index (χ2n) is 3.93. The van der Waals surface area contributed by atoms with Gasteiger partial charge in [0.2, 0.25) is 0 Å². The van der Waals surface area contributed by atoms with Crippen LogP contribution in [0.3, 0.4) is 0 Å². The van der Waals surface area contributed by atoms with Gasteiger partial charge in [-0.05, 0) is 30.4 Å². The van der Waals surface area contributed by atoms with E-state index in [1.165, 1.54) is 4.90 Å². The number of amides is 1. The first-order valence-electron chi connectivity index (χ1n) is 5.27. The molecule has 1 aliphatic rings. The largest absolute Gasteiger partial charge is 0.465 e. The predicted molar refractivity (Wildman–Crippen MR) is 60.8 cm³/mol. The molecule has 4 nitrogen and oxygen atoms in total. The molecule has 0 bridgehead atoms. The maximum Gasteiger partial charge on any atom is 0.407 e. The molecule has 0 atom stereocenters. The summed E-state index contributed by atoms with van der Waals surface area (Å²) in [5.74, 6) is 0.330. The summed E-state index contributed by atoms with van der Waals surface area (Å²) < 4.78 is 0. The number of rotatable bonds is 1. The SMILES string of the molecule is O=C(O)N1CCC(c2cccnc2Cl)CC1. The van der Waals surface area contributed by atoms with Gasteiger partial charge in [0.15, 0.2) is 0 Å². The summed E-state index contributed by atoms with van der Waals surface area (Å²) in [5, 5.41) is 9.38. The second kappa shape index (κ2) is 4.70. The van der Waals surface area contributed by atoms with E-state index in [-0.39, 0.29) is 0 Å². The van der Waals surface area contributed by atoms with Crippen LogP contribution in [0.25, 0.3) is 0 Å². The van der Waals surface area contributed by atoms with Gasteiger partial charge < -0.3 is 10.0 Å². The minimum atomic E-state index is -0.837. The number of hydrogen-bond donors (Lipinski definition) is 1. The summed E-state index contributed by atoms with van der Waals surface area (Å²) in [4.78, 5) is 16.2. The minimum absolute atomic E-state index is 0.330. The molecule has 1 N–H and O–H groups in total. The van der Waals surface area contributed by atoms with E-state index < -0.39 is 6.09 Å². The van der Waals surface area contributed by atoms with Gasteiger partial charge in [-0.15, -0.1) is 0 Å². The van der Waals surface area contributed by atoms with Crippen LogP contribution in [0, 0.1) is 0 Å². The number of hydrogen-bond acceptors (Lipinski definition) is 2. The van der Waals surface area contributed by atoms with Crippen molar-refractivity contribution in [2.45, 2.75) is 18.8 Å². The number of likely N-dealkylation sites (tertiary alicyclic amines) is 1. The molecule has 1 saturated heterocycles. The third-order valence-corrected chi connectivity index (χ3v) is 3.31. The lowest BCUT2D eigenvalue weighted by Gasteiger charge is -2.30. The average Bonchev–Trinajstić information content (AvgIpc) is 2.30. The minimum Gasteiger partial charge on any atom is -0.465 e. The van der Waals surface area contributed by atoms with E-state index in [4.69, 9.17) is 16.7 Å². The van der Waals surface area contributed by atoms with Gasteiger partial charge in [0.05, 0.1) is 0 Å². The van der Waals surface area contributed by atoms with Crippen molar-refractivity contribution < 1.29 is 9.90 Å². The quantitative estimate of drug-likeness (QED) is 0.768. The smallest absolute Gasteiger partial charge is 0.407 e. The molecule has 86 valence electrons. The van der Waals surface area contributed by atoms with Crippen LogP contribution in [-0.4, -0.2) is 34.2 Å². The molecule has 0 spiro atoms. The van der Waals surface area contributed by atoms with Crippen LogP contribution < -0.4 is 0 Å². The van der Waals surface area contributed by atoms with E-state index in [9.17, 15) is 4.79 Å². The third kappa shape index (κ3) is 2.27. The van der Waals surface area contributed by atoms with E-state index >= 15 is 0 Å². The van der Waals surface area contributed by atoms with Crippen LogP contribution in [0.5, 0.6) is 0 Å². The van der Waals surface area contributed by atoms with E-state index in [1.807, 2.05) is 12.1 Å². The number of halogens is 1. The fourth-order valence-corrected chi connectivity index (χ4v) is 2.36. The summed E-state index contributed by atoms with van der Waals surface area (Å²) in [6.07, 6.45) is 2.46. The normalized spacial score (nSPS) is 17.4. The average molecular weight is 241 g/mol. The maximum absolute atomic E-state index is 10.8. The molecule has 1 aromatic heterocycles. The van der Waals surface area contributed by atoms with E-state index in [0.29, 0.717) is 24.2 Å². The zero-order valence-corrected chi connectivity index (χ0v) is 9.52. The van der Waals surface area contributed by atoms with Crippen LogP contribution >= 0.6 is 11.6 Å². The Morgan fingerprint density at radius 1 is 1.50 bits per heavy atom. The second-order valence-corrected chi connectivity index (χ2v) is 4.29. The zero-order chi connectivity index (χ0) is 11.5. The molecule has 0 unspecified atom stereocenters. The van der Waals surface area contributed by atoms with Crippen molar-refractivity contribution in [1.82, 2.24) is 9.88 Å². The number of carbonyl (C=O) groups is 1. The van der Waals surface area contributed by atoms with E-state index in [0.717, 1.165) is 18.4 Å². The number of piperidine rings is 1. The summed E-state index contributed by atoms with van der Waals surface area (Å²) in [7, 11) is 0. The first-order valence-corrected chi connectivity index (χ1v) is 5.64. The lowest BCUT2D eigenvalue weighted by atomic mass is 9.91. The molecule has 16 heavy (non-hydrogen) atoms. The maximum atomic E-state index is 10.8. The van der Waals surface area contributed by atoms with Crippen molar-refractivity contribution in [2.75, 3.05) is 13.1 Å². The van der Waals surface area contributed by atoms with E-state index in [2.05, 4.69) is 4.98 Å². The Morgan fingerprint density at radius 2 is 2.19 bits per heavy atom. The fraction of sp³-hybridized carbons (Fsp3) is 0.455. The topological polar surface area (TPSA) is 53.4 Å². The molecule has 0 aromatic carbocycles. The standard InChI is InChI=1S/C11H13ClN2O2/c12-10-9(2-1-5-13-10)8-3-6-14(7-4-8)11(15)16/h1-2,5,8H,3-4,6-7H2,(H,15,16). The van der Waals surface area contributed by atoms with Crippen molar-refractivity contribution in [3.63, 3.8) is 0 Å². The Kier molecular flexibility index (Phi) is 3.29. The van der Waals surface area contributed by atoms with Crippen LogP contribution in [0.1, 0.15) is 24.3 Å². The Bertz CT molecular complexity index is 389. The highest BCUT2D eigenvalue weighted by atomic mass is 35.5. The first kappa shape index (κ1) is 11.2. The Morgan fingerprint density at radius 3 is 2.75 bits per heavy atom. The van der Waals surface area contributed by atoms with Gasteiger partial charge in [0.1, 0.15) is 5.15 Å². The van der Waals surface area contributed by atoms with Crippen LogP contribution in [0.15, 0.2) is 18.3 Å². The lowest BCUT2D eigenvalue weighted by Crippen LogP contribution is -2.36. The van der Waals surface area contributed by atoms with Crippen molar-refractivity contribution >= 4 is 17.7 Å².